The van der Waals surface area contributed by atoms with Crippen molar-refractivity contribution in [3.05, 3.63) is 29.8 Å². The van der Waals surface area contributed by atoms with Crippen molar-refractivity contribution in [3.8, 4) is 0 Å². The third kappa shape index (κ3) is 9.40. The third-order valence-corrected chi connectivity index (χ3v) is 5.59. The van der Waals surface area contributed by atoms with E-state index in [1.54, 1.807) is 24.3 Å². The molecule has 0 unspecified atom stereocenters. The van der Waals surface area contributed by atoms with Crippen molar-refractivity contribution in [2.45, 2.75) is 69.6 Å². The van der Waals surface area contributed by atoms with Gasteiger partial charge in [-0.05, 0) is 43.5 Å². The summed E-state index contributed by atoms with van der Waals surface area (Å²) in [5, 5.41) is -0.247. The molecular weight excluding hydrogens is 346 g/mol. The van der Waals surface area contributed by atoms with Crippen molar-refractivity contribution in [1.29, 1.82) is 0 Å². The molecule has 0 radical (unpaired) electrons. The minimum atomic E-state index is -3.38. The highest BCUT2D eigenvalue weighted by molar-refractivity contribution is 7.89. The van der Waals surface area contributed by atoms with Crippen molar-refractivity contribution in [2.75, 3.05) is 6.54 Å². The number of hydrogen-bond donors (Lipinski definition) is 1. The Morgan fingerprint density at radius 1 is 0.917 bits per heavy atom. The van der Waals surface area contributed by atoms with E-state index in [1.807, 2.05) is 6.92 Å². The molecule has 1 aromatic carbocycles. The Bertz CT molecular complexity index is 585. The zero-order chi connectivity index (χ0) is 17.8. The van der Waals surface area contributed by atoms with Crippen molar-refractivity contribution in [2.24, 2.45) is 0 Å². The van der Waals surface area contributed by atoms with Gasteiger partial charge in [0, 0.05) is 13.0 Å². The molecule has 24 heavy (non-hydrogen) atoms. The molecule has 0 saturated carbocycles. The number of hydrogen-bond acceptors (Lipinski definition) is 3. The molecule has 1 rings (SSSR count). The molecule has 0 aromatic heterocycles. The molecule has 0 atom stereocenters. The first kappa shape index (κ1) is 21.1. The Hall–Kier alpha value is -0.910. The summed E-state index contributed by atoms with van der Waals surface area (Å²) in [6.45, 7) is 2.41. The van der Waals surface area contributed by atoms with Gasteiger partial charge >= 0.3 is 0 Å². The average Bonchev–Trinajstić information content (AvgIpc) is 2.52. The topological polar surface area (TPSA) is 63.2 Å². The summed E-state index contributed by atoms with van der Waals surface area (Å²) in [6, 6.07) is 6.88. The molecule has 0 fully saturated rings. The molecule has 0 bridgehead atoms. The quantitative estimate of drug-likeness (QED) is 0.407. The van der Waals surface area contributed by atoms with Crippen molar-refractivity contribution in [1.82, 2.24) is 4.72 Å². The van der Waals surface area contributed by atoms with E-state index < -0.39 is 10.0 Å². The van der Waals surface area contributed by atoms with Crippen molar-refractivity contribution >= 4 is 26.9 Å². The van der Waals surface area contributed by atoms with E-state index in [1.165, 1.54) is 0 Å². The molecule has 0 saturated heterocycles. The summed E-state index contributed by atoms with van der Waals surface area (Å²) in [6.07, 6.45) is 8.83. The Labute approximate surface area is 151 Å². The monoisotopic (exact) mass is 373 g/mol. The SMILES string of the molecule is Cc1ccc(S(=O)(=O)NCCCCCCCCCCC(=O)Cl)cc1. The number of benzene rings is 1. The van der Waals surface area contributed by atoms with E-state index >= 15 is 0 Å². The van der Waals surface area contributed by atoms with Crippen LogP contribution in [-0.4, -0.2) is 20.2 Å². The van der Waals surface area contributed by atoms with Crippen LogP contribution in [0.5, 0.6) is 0 Å². The fraction of sp³-hybridized carbons (Fsp3) is 0.611. The maximum atomic E-state index is 12.1. The fourth-order valence-corrected chi connectivity index (χ4v) is 3.66. The lowest BCUT2D eigenvalue weighted by atomic mass is 10.1. The summed E-state index contributed by atoms with van der Waals surface area (Å²) in [7, 11) is -3.38. The maximum absolute atomic E-state index is 12.1. The lowest BCUT2D eigenvalue weighted by Crippen LogP contribution is -2.24. The van der Waals surface area contributed by atoms with E-state index in [4.69, 9.17) is 11.6 Å². The van der Waals surface area contributed by atoms with Crippen LogP contribution in [0.2, 0.25) is 0 Å². The Morgan fingerprint density at radius 3 is 1.96 bits per heavy atom. The highest BCUT2D eigenvalue weighted by Gasteiger charge is 2.12. The molecule has 0 aliphatic carbocycles. The van der Waals surface area contributed by atoms with Gasteiger partial charge in [-0.3, -0.25) is 4.79 Å². The van der Waals surface area contributed by atoms with Gasteiger partial charge in [-0.25, -0.2) is 13.1 Å². The van der Waals surface area contributed by atoms with Gasteiger partial charge in [0.2, 0.25) is 15.3 Å². The standard InChI is InChI=1S/C18H28ClNO3S/c1-16-11-13-17(14-12-16)24(22,23)20-15-9-7-5-3-2-4-6-8-10-18(19)21/h11-14,20H,2-10,15H2,1H3. The summed E-state index contributed by atoms with van der Waals surface area (Å²) in [5.74, 6) is 0. The minimum absolute atomic E-state index is 0.247. The Morgan fingerprint density at radius 2 is 1.42 bits per heavy atom. The first-order valence-corrected chi connectivity index (χ1v) is 10.5. The van der Waals surface area contributed by atoms with Crippen LogP contribution in [0.25, 0.3) is 0 Å². The van der Waals surface area contributed by atoms with Crippen LogP contribution in [0.1, 0.15) is 63.4 Å². The number of carbonyl (C=O) groups is 1. The van der Waals surface area contributed by atoms with E-state index in [9.17, 15) is 13.2 Å². The molecule has 0 amide bonds. The minimum Gasteiger partial charge on any atom is -0.281 e. The third-order valence-electron chi connectivity index (χ3n) is 3.92. The number of halogens is 1. The van der Waals surface area contributed by atoms with Crippen LogP contribution in [0.15, 0.2) is 29.2 Å². The fourth-order valence-electron chi connectivity index (χ4n) is 2.46. The van der Waals surface area contributed by atoms with Crippen LogP contribution in [0.3, 0.4) is 0 Å². The zero-order valence-corrected chi connectivity index (χ0v) is 16.0. The lowest BCUT2D eigenvalue weighted by molar-refractivity contribution is -0.111. The number of unbranched alkanes of at least 4 members (excludes halogenated alkanes) is 7. The Kier molecular flexibility index (Phi) is 10.2. The highest BCUT2D eigenvalue weighted by Crippen LogP contribution is 2.12. The number of aryl methyl sites for hydroxylation is 1. The molecular formula is C18H28ClNO3S. The predicted octanol–water partition coefficient (Wildman–Crippen LogP) is 4.55. The van der Waals surface area contributed by atoms with Crippen molar-refractivity contribution < 1.29 is 13.2 Å². The first-order valence-electron chi connectivity index (χ1n) is 8.66. The first-order chi connectivity index (χ1) is 11.4. The number of carbonyl (C=O) groups excluding carboxylic acids is 1. The van der Waals surface area contributed by atoms with Gasteiger partial charge in [0.25, 0.3) is 0 Å². The van der Waals surface area contributed by atoms with Crippen LogP contribution < -0.4 is 4.72 Å². The van der Waals surface area contributed by atoms with Crippen LogP contribution in [0, 0.1) is 6.92 Å². The molecule has 0 heterocycles. The molecule has 6 heteroatoms. The normalized spacial score (nSPS) is 11.6. The molecule has 0 aliphatic rings. The van der Waals surface area contributed by atoms with Gasteiger partial charge in [0.05, 0.1) is 4.90 Å². The van der Waals surface area contributed by atoms with Crippen molar-refractivity contribution in [3.63, 3.8) is 0 Å². The van der Waals surface area contributed by atoms with E-state index in [2.05, 4.69) is 4.72 Å². The van der Waals surface area contributed by atoms with E-state index in [0.29, 0.717) is 17.9 Å². The second-order valence-electron chi connectivity index (χ2n) is 6.14. The lowest BCUT2D eigenvalue weighted by Gasteiger charge is -2.07. The van der Waals surface area contributed by atoms with Crippen LogP contribution in [0.4, 0.5) is 0 Å². The maximum Gasteiger partial charge on any atom is 0.240 e. The summed E-state index contributed by atoms with van der Waals surface area (Å²) in [4.78, 5) is 10.9. The smallest absolute Gasteiger partial charge is 0.240 e. The van der Waals surface area contributed by atoms with E-state index in [0.717, 1.165) is 56.9 Å². The molecule has 1 N–H and O–H groups in total. The second-order valence-corrected chi connectivity index (χ2v) is 8.33. The van der Waals surface area contributed by atoms with E-state index in [-0.39, 0.29) is 5.24 Å². The molecule has 136 valence electrons. The van der Waals surface area contributed by atoms with Crippen LogP contribution >= 0.6 is 11.6 Å². The predicted molar refractivity (Wildman–Crippen MR) is 98.8 cm³/mol. The van der Waals surface area contributed by atoms with Gasteiger partial charge in [-0.2, -0.15) is 0 Å². The van der Waals surface area contributed by atoms with Crippen LogP contribution in [-0.2, 0) is 14.8 Å². The molecule has 4 nitrogen and oxygen atoms in total. The average molecular weight is 374 g/mol. The summed E-state index contributed by atoms with van der Waals surface area (Å²) < 4.78 is 26.8. The molecule has 0 spiro atoms. The van der Waals surface area contributed by atoms with Gasteiger partial charge in [0.15, 0.2) is 0 Å². The second kappa shape index (κ2) is 11.6. The van der Waals surface area contributed by atoms with Gasteiger partial charge in [0.1, 0.15) is 0 Å². The molecule has 1 aromatic rings. The van der Waals surface area contributed by atoms with Gasteiger partial charge in [-0.15, -0.1) is 0 Å². The Balaban J connectivity index is 2.03. The number of nitrogens with one attached hydrogen (secondary N) is 1. The molecule has 0 aliphatic heterocycles. The highest BCUT2D eigenvalue weighted by atomic mass is 35.5. The zero-order valence-electron chi connectivity index (χ0n) is 14.4. The van der Waals surface area contributed by atoms with Gasteiger partial charge < -0.3 is 0 Å². The number of rotatable bonds is 13. The largest absolute Gasteiger partial charge is 0.281 e. The van der Waals surface area contributed by atoms with Gasteiger partial charge in [-0.1, -0.05) is 56.2 Å². The number of sulfonamides is 1. The summed E-state index contributed by atoms with van der Waals surface area (Å²) in [5.41, 5.74) is 1.04. The summed E-state index contributed by atoms with van der Waals surface area (Å²) >= 11 is 5.28.